The molecule has 268 valence electrons. The molecule has 0 aromatic heterocycles. The van der Waals surface area contributed by atoms with Crippen LogP contribution in [0.4, 0.5) is 0 Å². The van der Waals surface area contributed by atoms with Crippen LogP contribution in [0.1, 0.15) is 200 Å². The molecule has 1 aliphatic rings. The summed E-state index contributed by atoms with van der Waals surface area (Å²) in [6, 6.07) is 0. The second-order valence-electron chi connectivity index (χ2n) is 14.2. The molecule has 0 atom stereocenters. The van der Waals surface area contributed by atoms with Crippen molar-refractivity contribution in [1.82, 2.24) is 10.2 Å². The monoisotopic (exact) mass is 643 g/mol. The van der Waals surface area contributed by atoms with Crippen molar-refractivity contribution in [2.75, 3.05) is 33.2 Å². The predicted octanol–water partition coefficient (Wildman–Crippen LogP) is 11.9. The fourth-order valence-corrected chi connectivity index (χ4v) is 6.67. The van der Waals surface area contributed by atoms with Crippen LogP contribution in [-0.4, -0.2) is 54.4 Å². The maximum atomic E-state index is 12.4. The molecular formula is C42H80N3O+. The fourth-order valence-electron chi connectivity index (χ4n) is 6.67. The zero-order valence-electron chi connectivity index (χ0n) is 31.4. The van der Waals surface area contributed by atoms with E-state index in [9.17, 15) is 4.79 Å². The van der Waals surface area contributed by atoms with E-state index in [0.29, 0.717) is 6.42 Å². The van der Waals surface area contributed by atoms with Crippen LogP contribution in [0.3, 0.4) is 0 Å². The van der Waals surface area contributed by atoms with Crippen molar-refractivity contribution in [3.63, 3.8) is 0 Å². The molecule has 0 fully saturated rings. The quantitative estimate of drug-likeness (QED) is 0.0430. The normalized spacial score (nSPS) is 13.7. The first-order valence-corrected chi connectivity index (χ1v) is 20.6. The van der Waals surface area contributed by atoms with Gasteiger partial charge in [-0.2, -0.15) is 0 Å². The average Bonchev–Trinajstić information content (AvgIpc) is 3.41. The standard InChI is InChI=1S/C42H79N3O/c1-4-6-8-10-12-14-16-18-20-22-24-26-28-30-32-34-36-42-44(3)39-40-45(42)38-37-43-41(46)35-33-31-29-27-25-23-21-19-17-15-13-11-9-7-5-2/h18-21H,4-17,22-40H2,1-3H3/p+1. The molecule has 4 heteroatoms. The number of carbonyl (C=O) groups is 1. The molecule has 0 saturated carbocycles. The number of hydrogen-bond acceptors (Lipinski definition) is 2. The Hall–Kier alpha value is -1.58. The predicted molar refractivity (Wildman–Crippen MR) is 204 cm³/mol. The van der Waals surface area contributed by atoms with Crippen molar-refractivity contribution < 1.29 is 9.37 Å². The molecule has 1 rings (SSSR count). The van der Waals surface area contributed by atoms with Crippen LogP contribution in [0.15, 0.2) is 24.3 Å². The molecule has 0 aliphatic carbocycles. The van der Waals surface area contributed by atoms with Crippen LogP contribution in [0, 0.1) is 0 Å². The SMILES string of the molecule is CCCCCCCCC=CCCCCCCCCC1=[N+](C)CCN1CCNC(=O)CCCCCCCC=CCCCCCCCC. The first kappa shape index (κ1) is 42.4. The minimum atomic E-state index is 0.236. The number of carbonyl (C=O) groups excluding carboxylic acids is 1. The highest BCUT2D eigenvalue weighted by atomic mass is 16.1. The van der Waals surface area contributed by atoms with Crippen molar-refractivity contribution in [3.05, 3.63) is 24.3 Å². The number of likely N-dealkylation sites (N-methyl/N-ethyl adjacent to an activating group) is 1. The summed E-state index contributed by atoms with van der Waals surface area (Å²) in [5.74, 6) is 1.72. The number of amides is 1. The number of rotatable bonds is 34. The van der Waals surface area contributed by atoms with Gasteiger partial charge in [-0.15, -0.1) is 0 Å². The van der Waals surface area contributed by atoms with Crippen molar-refractivity contribution in [2.24, 2.45) is 0 Å². The van der Waals surface area contributed by atoms with Crippen molar-refractivity contribution >= 4 is 11.7 Å². The van der Waals surface area contributed by atoms with Gasteiger partial charge in [0.2, 0.25) is 11.7 Å². The van der Waals surface area contributed by atoms with Crippen LogP contribution in [0.25, 0.3) is 0 Å². The lowest BCUT2D eigenvalue weighted by Gasteiger charge is -2.14. The molecule has 1 N–H and O–H groups in total. The molecule has 1 aliphatic heterocycles. The van der Waals surface area contributed by atoms with Crippen LogP contribution in [0.2, 0.25) is 0 Å². The van der Waals surface area contributed by atoms with Crippen LogP contribution in [-0.2, 0) is 4.79 Å². The van der Waals surface area contributed by atoms with E-state index in [1.165, 1.54) is 179 Å². The third kappa shape index (κ3) is 26.5. The van der Waals surface area contributed by atoms with Gasteiger partial charge in [-0.3, -0.25) is 14.3 Å². The second kappa shape index (κ2) is 33.3. The molecule has 0 unspecified atom stereocenters. The number of amidine groups is 1. The fraction of sp³-hybridized carbons (Fsp3) is 0.857. The zero-order valence-corrected chi connectivity index (χ0v) is 31.4. The van der Waals surface area contributed by atoms with Gasteiger partial charge in [-0.25, -0.2) is 0 Å². The highest BCUT2D eigenvalue weighted by Gasteiger charge is 2.27. The summed E-state index contributed by atoms with van der Waals surface area (Å²) in [7, 11) is 2.24. The summed E-state index contributed by atoms with van der Waals surface area (Å²) in [4.78, 5) is 14.9. The molecular weight excluding hydrogens is 562 g/mol. The number of unbranched alkanes of at least 4 members (excludes halogenated alkanes) is 23. The van der Waals surface area contributed by atoms with Gasteiger partial charge >= 0.3 is 0 Å². The molecule has 0 radical (unpaired) electrons. The van der Waals surface area contributed by atoms with Gasteiger partial charge < -0.3 is 5.32 Å². The van der Waals surface area contributed by atoms with Gasteiger partial charge in [-0.1, -0.05) is 147 Å². The lowest BCUT2D eigenvalue weighted by atomic mass is 10.1. The Labute approximate surface area is 288 Å². The van der Waals surface area contributed by atoms with E-state index >= 15 is 0 Å². The number of nitrogens with zero attached hydrogens (tertiary/aromatic N) is 2. The summed E-state index contributed by atoms with van der Waals surface area (Å²) in [5, 5.41) is 3.19. The molecule has 4 nitrogen and oxygen atoms in total. The number of hydrogen-bond donors (Lipinski definition) is 1. The van der Waals surface area contributed by atoms with Gasteiger partial charge in [0.25, 0.3) is 0 Å². The summed E-state index contributed by atoms with van der Waals surface area (Å²) in [5.41, 5.74) is 0. The van der Waals surface area contributed by atoms with E-state index in [0.717, 1.165) is 32.6 Å². The lowest BCUT2D eigenvalue weighted by Crippen LogP contribution is -2.37. The highest BCUT2D eigenvalue weighted by molar-refractivity contribution is 5.78. The summed E-state index contributed by atoms with van der Waals surface area (Å²) >= 11 is 0. The Bertz CT molecular complexity index is 771. The summed E-state index contributed by atoms with van der Waals surface area (Å²) in [6.07, 6.45) is 47.4. The zero-order chi connectivity index (χ0) is 33.2. The molecule has 0 aromatic rings. The summed E-state index contributed by atoms with van der Waals surface area (Å²) < 4.78 is 2.44. The molecule has 0 bridgehead atoms. The Morgan fingerprint density at radius 3 is 1.50 bits per heavy atom. The molecule has 1 amide bonds. The van der Waals surface area contributed by atoms with Crippen LogP contribution >= 0.6 is 0 Å². The van der Waals surface area contributed by atoms with E-state index in [2.05, 4.69) is 60.0 Å². The van der Waals surface area contributed by atoms with Gasteiger partial charge in [0.05, 0.1) is 13.6 Å². The van der Waals surface area contributed by atoms with E-state index < -0.39 is 0 Å². The maximum absolute atomic E-state index is 12.4. The average molecular weight is 643 g/mol. The molecule has 46 heavy (non-hydrogen) atoms. The van der Waals surface area contributed by atoms with Gasteiger partial charge in [0.1, 0.15) is 19.6 Å². The highest BCUT2D eigenvalue weighted by Crippen LogP contribution is 2.14. The van der Waals surface area contributed by atoms with Gasteiger partial charge in [0, 0.05) is 12.8 Å². The van der Waals surface area contributed by atoms with E-state index in [1.807, 2.05) is 0 Å². The smallest absolute Gasteiger partial charge is 0.246 e. The minimum absolute atomic E-state index is 0.236. The largest absolute Gasteiger partial charge is 0.352 e. The summed E-state index contributed by atoms with van der Waals surface area (Å²) in [6.45, 7) is 8.51. The first-order valence-electron chi connectivity index (χ1n) is 20.6. The third-order valence-corrected chi connectivity index (χ3v) is 9.79. The Kier molecular flexibility index (Phi) is 30.7. The maximum Gasteiger partial charge on any atom is 0.246 e. The Morgan fingerprint density at radius 2 is 1.02 bits per heavy atom. The Balaban J connectivity index is 1.94. The Morgan fingerprint density at radius 1 is 0.609 bits per heavy atom. The van der Waals surface area contributed by atoms with Crippen LogP contribution < -0.4 is 5.32 Å². The third-order valence-electron chi connectivity index (χ3n) is 9.79. The van der Waals surface area contributed by atoms with Crippen molar-refractivity contribution in [3.8, 4) is 0 Å². The first-order chi connectivity index (χ1) is 22.7. The van der Waals surface area contributed by atoms with Crippen molar-refractivity contribution in [1.29, 1.82) is 0 Å². The van der Waals surface area contributed by atoms with Crippen LogP contribution in [0.5, 0.6) is 0 Å². The molecule has 0 saturated heterocycles. The number of nitrogens with one attached hydrogen (secondary N) is 1. The second-order valence-corrected chi connectivity index (χ2v) is 14.2. The minimum Gasteiger partial charge on any atom is -0.352 e. The van der Waals surface area contributed by atoms with E-state index in [4.69, 9.17) is 0 Å². The van der Waals surface area contributed by atoms with Crippen molar-refractivity contribution in [2.45, 2.75) is 200 Å². The van der Waals surface area contributed by atoms with Gasteiger partial charge in [0.15, 0.2) is 0 Å². The molecule has 0 spiro atoms. The lowest BCUT2D eigenvalue weighted by molar-refractivity contribution is -0.487. The number of allylic oxidation sites excluding steroid dienone is 4. The molecule has 1 heterocycles. The molecule has 0 aromatic carbocycles. The van der Waals surface area contributed by atoms with E-state index in [1.54, 1.807) is 0 Å². The van der Waals surface area contributed by atoms with Gasteiger partial charge in [-0.05, 0) is 64.2 Å². The topological polar surface area (TPSA) is 35.4 Å². The van der Waals surface area contributed by atoms with E-state index in [-0.39, 0.29) is 5.91 Å².